The number of benzene rings is 1. The van der Waals surface area contributed by atoms with Gasteiger partial charge in [-0.15, -0.1) is 0 Å². The van der Waals surface area contributed by atoms with Gasteiger partial charge in [-0.1, -0.05) is 23.7 Å². The lowest BCUT2D eigenvalue weighted by molar-refractivity contribution is 0.302. The molecule has 4 nitrogen and oxygen atoms in total. The van der Waals surface area contributed by atoms with E-state index in [-0.39, 0.29) is 6.17 Å². The Balaban J connectivity index is 2.54. The van der Waals surface area contributed by atoms with Crippen LogP contribution >= 0.6 is 27.5 Å². The van der Waals surface area contributed by atoms with Crippen molar-refractivity contribution in [1.82, 2.24) is 10.3 Å². The van der Waals surface area contributed by atoms with E-state index in [4.69, 9.17) is 11.6 Å². The van der Waals surface area contributed by atoms with E-state index >= 15 is 0 Å². The first-order valence-electron chi connectivity index (χ1n) is 6.28. The summed E-state index contributed by atoms with van der Waals surface area (Å²) in [4.78, 5) is 5.63. The number of aliphatic imine (C=N–C) groups is 1. The molecule has 0 spiro atoms. The van der Waals surface area contributed by atoms with Gasteiger partial charge < -0.3 is 4.90 Å². The highest BCUT2D eigenvalue weighted by atomic mass is 79.9. The Labute approximate surface area is 139 Å². The lowest BCUT2D eigenvalue weighted by Crippen LogP contribution is -2.35. The van der Waals surface area contributed by atoms with E-state index in [2.05, 4.69) is 38.2 Å². The molecule has 1 aromatic rings. The molecule has 0 aliphatic rings. The molecule has 21 heavy (non-hydrogen) atoms. The first kappa shape index (κ1) is 17.5. The quantitative estimate of drug-likeness (QED) is 0.342. The van der Waals surface area contributed by atoms with Crippen molar-refractivity contribution in [3.63, 3.8) is 0 Å². The van der Waals surface area contributed by atoms with Crippen LogP contribution in [0.4, 0.5) is 0 Å². The minimum absolute atomic E-state index is 0.0260. The van der Waals surface area contributed by atoms with Gasteiger partial charge in [0.1, 0.15) is 6.17 Å². The highest BCUT2D eigenvalue weighted by Crippen LogP contribution is 2.10. The summed E-state index contributed by atoms with van der Waals surface area (Å²) in [5, 5.41) is 4.90. The first-order valence-corrected chi connectivity index (χ1v) is 7.46. The summed E-state index contributed by atoms with van der Waals surface area (Å²) in [6.07, 6.45) is 7.11. The second kappa shape index (κ2) is 9.37. The van der Waals surface area contributed by atoms with Crippen molar-refractivity contribution in [2.45, 2.75) is 13.1 Å². The summed E-state index contributed by atoms with van der Waals surface area (Å²) in [5.41, 5.74) is 3.98. The highest BCUT2D eigenvalue weighted by molar-refractivity contribution is 9.11. The van der Waals surface area contributed by atoms with Gasteiger partial charge in [0.15, 0.2) is 0 Å². The third-order valence-corrected chi connectivity index (χ3v) is 3.30. The van der Waals surface area contributed by atoms with Crippen molar-refractivity contribution in [3.8, 4) is 0 Å². The van der Waals surface area contributed by atoms with Gasteiger partial charge in [-0.2, -0.15) is 5.10 Å². The molecule has 0 amide bonds. The number of hydrogen-bond donors (Lipinski definition) is 1. The Morgan fingerprint density at radius 2 is 2.29 bits per heavy atom. The Morgan fingerprint density at radius 3 is 2.95 bits per heavy atom. The van der Waals surface area contributed by atoms with Gasteiger partial charge in [0.05, 0.1) is 6.21 Å². The molecule has 1 N–H and O–H groups in total. The van der Waals surface area contributed by atoms with Crippen molar-refractivity contribution in [2.24, 2.45) is 10.1 Å². The largest absolute Gasteiger partial charge is 0.359 e. The van der Waals surface area contributed by atoms with Gasteiger partial charge in [-0.25, -0.2) is 0 Å². The maximum Gasteiger partial charge on any atom is 0.111 e. The molecule has 0 aliphatic carbocycles. The summed E-state index contributed by atoms with van der Waals surface area (Å²) >= 11 is 9.34. The van der Waals surface area contributed by atoms with E-state index in [1.807, 2.05) is 55.4 Å². The predicted octanol–water partition coefficient (Wildman–Crippen LogP) is 3.99. The maximum atomic E-state index is 5.91. The number of hydrogen-bond acceptors (Lipinski definition) is 4. The van der Waals surface area contributed by atoms with Crippen LogP contribution in [0.15, 0.2) is 57.3 Å². The lowest BCUT2D eigenvalue weighted by Gasteiger charge is -2.22. The van der Waals surface area contributed by atoms with Gasteiger partial charge in [0.2, 0.25) is 0 Å². The van der Waals surface area contributed by atoms with Gasteiger partial charge in [-0.3, -0.25) is 10.4 Å². The zero-order valence-electron chi connectivity index (χ0n) is 12.0. The van der Waals surface area contributed by atoms with Gasteiger partial charge in [0, 0.05) is 29.0 Å². The van der Waals surface area contributed by atoms with Gasteiger partial charge >= 0.3 is 0 Å². The molecule has 0 radical (unpaired) electrons. The highest BCUT2D eigenvalue weighted by Gasteiger charge is 2.03. The number of halogens is 2. The number of nitrogens with zero attached hydrogens (tertiary/aromatic N) is 3. The Bertz CT molecular complexity index is 554. The summed E-state index contributed by atoms with van der Waals surface area (Å²) in [7, 11) is 1.95. The van der Waals surface area contributed by atoms with Crippen LogP contribution in [0.2, 0.25) is 5.02 Å². The van der Waals surface area contributed by atoms with Crippen LogP contribution in [0, 0.1) is 0 Å². The fraction of sp³-hybridized carbons (Fsp3) is 0.200. The molecular weight excluding hydrogens is 352 g/mol. The van der Waals surface area contributed by atoms with Crippen LogP contribution in [-0.2, 0) is 0 Å². The van der Waals surface area contributed by atoms with E-state index in [0.29, 0.717) is 5.02 Å². The molecule has 6 heteroatoms. The predicted molar refractivity (Wildman–Crippen MR) is 95.1 cm³/mol. The van der Waals surface area contributed by atoms with Crippen LogP contribution in [0.3, 0.4) is 0 Å². The average Bonchev–Trinajstić information content (AvgIpc) is 2.45. The number of allylic oxidation sites excluding steroid dienone is 2. The SMILES string of the molecule is C=N/C=C/C(Br)=C\N(C)C(C)N/N=C/c1cccc(Cl)c1. The number of nitrogens with one attached hydrogen (secondary N) is 1. The monoisotopic (exact) mass is 368 g/mol. The van der Waals surface area contributed by atoms with Crippen molar-refractivity contribution < 1.29 is 0 Å². The molecule has 1 aromatic carbocycles. The smallest absolute Gasteiger partial charge is 0.111 e. The molecule has 0 aliphatic heterocycles. The molecular formula is C15H18BrClN4. The summed E-state index contributed by atoms with van der Waals surface area (Å²) in [6.45, 7) is 5.38. The summed E-state index contributed by atoms with van der Waals surface area (Å²) < 4.78 is 0.893. The van der Waals surface area contributed by atoms with E-state index in [1.165, 1.54) is 0 Å². The summed E-state index contributed by atoms with van der Waals surface area (Å²) in [5.74, 6) is 0. The third kappa shape index (κ3) is 7.11. The van der Waals surface area contributed by atoms with Crippen LogP contribution in [0.5, 0.6) is 0 Å². The van der Waals surface area contributed by atoms with Crippen LogP contribution in [-0.4, -0.2) is 31.0 Å². The number of rotatable bonds is 7. The molecule has 0 aromatic heterocycles. The Kier molecular flexibility index (Phi) is 7.79. The van der Waals surface area contributed by atoms with Gasteiger partial charge in [0.25, 0.3) is 0 Å². The fourth-order valence-corrected chi connectivity index (χ4v) is 2.01. The minimum Gasteiger partial charge on any atom is -0.359 e. The zero-order valence-corrected chi connectivity index (χ0v) is 14.3. The third-order valence-electron chi connectivity index (χ3n) is 2.60. The number of hydrazone groups is 1. The van der Waals surface area contributed by atoms with Crippen molar-refractivity contribution >= 4 is 40.5 Å². The normalized spacial score (nSPS) is 13.6. The Hall–Kier alpha value is -1.59. The van der Waals surface area contributed by atoms with E-state index in [9.17, 15) is 0 Å². The molecule has 1 unspecified atom stereocenters. The fourth-order valence-electron chi connectivity index (χ4n) is 1.37. The van der Waals surface area contributed by atoms with Crippen molar-refractivity contribution in [1.29, 1.82) is 0 Å². The van der Waals surface area contributed by atoms with Gasteiger partial charge in [-0.05, 0) is 53.3 Å². The molecule has 0 bridgehead atoms. The molecule has 0 saturated heterocycles. The van der Waals surface area contributed by atoms with Crippen LogP contribution in [0.1, 0.15) is 12.5 Å². The second-order valence-electron chi connectivity index (χ2n) is 4.30. The summed E-state index contributed by atoms with van der Waals surface area (Å²) in [6, 6.07) is 7.51. The molecule has 112 valence electrons. The topological polar surface area (TPSA) is 40.0 Å². The van der Waals surface area contributed by atoms with Crippen molar-refractivity contribution in [3.05, 3.63) is 57.8 Å². The molecule has 0 saturated carbocycles. The van der Waals surface area contributed by atoms with Crippen molar-refractivity contribution in [2.75, 3.05) is 7.05 Å². The average molecular weight is 370 g/mol. The maximum absolute atomic E-state index is 5.91. The first-order chi connectivity index (χ1) is 10.0. The van der Waals surface area contributed by atoms with Crippen LogP contribution < -0.4 is 5.43 Å². The molecule has 1 atom stereocenters. The molecule has 0 fully saturated rings. The minimum atomic E-state index is 0.0260. The van der Waals surface area contributed by atoms with E-state index in [0.717, 1.165) is 10.0 Å². The zero-order chi connectivity index (χ0) is 15.7. The standard InChI is InChI=1S/C15H18BrClN4/c1-12(21(3)11-14(16)7-8-18-2)20-19-10-13-5-4-6-15(17)9-13/h4-12,20H,2H2,1,3H3/b8-7+,14-11+,19-10+. The Morgan fingerprint density at radius 1 is 1.52 bits per heavy atom. The molecule has 1 rings (SSSR count). The van der Waals surface area contributed by atoms with E-state index in [1.54, 1.807) is 12.4 Å². The van der Waals surface area contributed by atoms with E-state index < -0.39 is 0 Å². The lowest BCUT2D eigenvalue weighted by atomic mass is 10.2. The molecule has 0 heterocycles. The van der Waals surface area contributed by atoms with Crippen LogP contribution in [0.25, 0.3) is 0 Å². The second-order valence-corrected chi connectivity index (χ2v) is 5.65.